The summed E-state index contributed by atoms with van der Waals surface area (Å²) in [6.07, 6.45) is 7.97. The lowest BCUT2D eigenvalue weighted by Gasteiger charge is -2.31. The zero-order valence-electron chi connectivity index (χ0n) is 17.2. The molecule has 32 heavy (non-hydrogen) atoms. The summed E-state index contributed by atoms with van der Waals surface area (Å²) in [7, 11) is 1.89. The Bertz CT molecular complexity index is 1430. The lowest BCUT2D eigenvalue weighted by atomic mass is 9.90. The fourth-order valence-corrected chi connectivity index (χ4v) is 4.08. The average Bonchev–Trinajstić information content (AvgIpc) is 3.49. The molecule has 8 nitrogen and oxygen atoms in total. The maximum absolute atomic E-state index is 13.5. The number of furan rings is 1. The van der Waals surface area contributed by atoms with Crippen LogP contribution in [0, 0.1) is 5.82 Å². The van der Waals surface area contributed by atoms with E-state index >= 15 is 0 Å². The van der Waals surface area contributed by atoms with Crippen LogP contribution in [0.5, 0.6) is 0 Å². The van der Waals surface area contributed by atoms with Gasteiger partial charge < -0.3 is 14.1 Å². The van der Waals surface area contributed by atoms with E-state index in [2.05, 4.69) is 15.0 Å². The number of rotatable bonds is 4. The highest BCUT2D eigenvalue weighted by Crippen LogP contribution is 2.39. The molecule has 1 aliphatic carbocycles. The third-order valence-electron chi connectivity index (χ3n) is 5.85. The Hall–Kier alpha value is -3.85. The van der Waals surface area contributed by atoms with Crippen molar-refractivity contribution >= 4 is 11.1 Å². The summed E-state index contributed by atoms with van der Waals surface area (Å²) in [4.78, 5) is 13.2. The molecule has 0 saturated heterocycles. The third kappa shape index (κ3) is 3.09. The van der Waals surface area contributed by atoms with Crippen LogP contribution in [0.2, 0.25) is 0 Å². The SMILES string of the molecule is Cn1cnc(-c2cc3c(-c4cn([C@H]5C[C@H](O)C5)nc4-c4ccc(F)cc4)ncnc3o2)c1. The van der Waals surface area contributed by atoms with E-state index in [-0.39, 0.29) is 18.0 Å². The Balaban J connectivity index is 1.52. The molecule has 4 heterocycles. The van der Waals surface area contributed by atoms with Gasteiger partial charge >= 0.3 is 0 Å². The van der Waals surface area contributed by atoms with Gasteiger partial charge in [0.2, 0.25) is 5.71 Å². The van der Waals surface area contributed by atoms with Gasteiger partial charge in [-0.1, -0.05) is 0 Å². The molecule has 1 saturated carbocycles. The standard InChI is InChI=1S/C23H19FN6O2/c1-29-10-19(27-12-29)20-8-17-22(25-11-26-23(17)32-20)18-9-30(15-6-16(31)7-15)28-21(18)13-2-4-14(24)5-3-13/h2-5,8-12,15-16,31H,6-7H2,1H3/t15-,16-. The second kappa shape index (κ2) is 7.10. The first-order valence-corrected chi connectivity index (χ1v) is 10.3. The molecule has 160 valence electrons. The van der Waals surface area contributed by atoms with Gasteiger partial charge in [-0.15, -0.1) is 0 Å². The second-order valence-electron chi connectivity index (χ2n) is 8.13. The van der Waals surface area contributed by atoms with Crippen LogP contribution in [0.4, 0.5) is 4.39 Å². The quantitative estimate of drug-likeness (QED) is 0.463. The van der Waals surface area contributed by atoms with E-state index in [1.54, 1.807) is 18.5 Å². The van der Waals surface area contributed by atoms with E-state index in [9.17, 15) is 9.50 Å². The number of halogens is 1. The van der Waals surface area contributed by atoms with Crippen LogP contribution >= 0.6 is 0 Å². The average molecular weight is 430 g/mol. The summed E-state index contributed by atoms with van der Waals surface area (Å²) < 4.78 is 23.2. The summed E-state index contributed by atoms with van der Waals surface area (Å²) in [5.41, 5.74) is 4.08. The molecule has 4 aromatic heterocycles. The predicted octanol–water partition coefficient (Wildman–Crippen LogP) is 3.99. The molecule has 0 aliphatic heterocycles. The highest BCUT2D eigenvalue weighted by Gasteiger charge is 2.31. The summed E-state index contributed by atoms with van der Waals surface area (Å²) >= 11 is 0. The van der Waals surface area contributed by atoms with E-state index < -0.39 is 0 Å². The Morgan fingerprint density at radius 2 is 1.88 bits per heavy atom. The van der Waals surface area contributed by atoms with Gasteiger partial charge in [-0.3, -0.25) is 4.68 Å². The molecule has 0 bridgehead atoms. The molecule has 1 fully saturated rings. The van der Waals surface area contributed by atoms with Crippen LogP contribution in [-0.2, 0) is 7.05 Å². The molecule has 0 amide bonds. The van der Waals surface area contributed by atoms with Crippen LogP contribution in [0.3, 0.4) is 0 Å². The minimum absolute atomic E-state index is 0.115. The van der Waals surface area contributed by atoms with Gasteiger partial charge in [0.25, 0.3) is 0 Å². The number of hydrogen-bond donors (Lipinski definition) is 1. The van der Waals surface area contributed by atoms with Crippen molar-refractivity contribution in [3.8, 4) is 34.0 Å². The highest BCUT2D eigenvalue weighted by atomic mass is 19.1. The maximum atomic E-state index is 13.5. The van der Waals surface area contributed by atoms with E-state index in [0.29, 0.717) is 41.4 Å². The van der Waals surface area contributed by atoms with Crippen molar-refractivity contribution in [2.75, 3.05) is 0 Å². The highest BCUT2D eigenvalue weighted by molar-refractivity contribution is 5.95. The van der Waals surface area contributed by atoms with Crippen LogP contribution in [-0.4, -0.2) is 40.5 Å². The van der Waals surface area contributed by atoms with Crippen LogP contribution in [0.25, 0.3) is 45.1 Å². The van der Waals surface area contributed by atoms with Gasteiger partial charge in [0, 0.05) is 30.6 Å². The van der Waals surface area contributed by atoms with Crippen molar-refractivity contribution in [2.24, 2.45) is 7.05 Å². The fraction of sp³-hybridized carbons (Fsp3) is 0.217. The maximum Gasteiger partial charge on any atom is 0.230 e. The Morgan fingerprint density at radius 3 is 2.59 bits per heavy atom. The number of aliphatic hydroxyl groups excluding tert-OH is 1. The number of aryl methyl sites for hydroxylation is 1. The smallest absolute Gasteiger partial charge is 0.230 e. The Labute approximate surface area is 182 Å². The summed E-state index contributed by atoms with van der Waals surface area (Å²) in [5.74, 6) is 0.288. The molecule has 1 N–H and O–H groups in total. The zero-order valence-corrected chi connectivity index (χ0v) is 17.2. The Morgan fingerprint density at radius 1 is 1.06 bits per heavy atom. The van der Waals surface area contributed by atoms with Gasteiger partial charge in [-0.2, -0.15) is 5.10 Å². The van der Waals surface area contributed by atoms with Crippen molar-refractivity contribution < 1.29 is 13.9 Å². The molecular formula is C23H19FN6O2. The normalized spacial score (nSPS) is 18.2. The van der Waals surface area contributed by atoms with E-state index in [4.69, 9.17) is 9.52 Å². The van der Waals surface area contributed by atoms with Gasteiger partial charge in [0.15, 0.2) is 5.76 Å². The molecule has 1 aromatic carbocycles. The molecule has 0 spiro atoms. The predicted molar refractivity (Wildman–Crippen MR) is 115 cm³/mol. The number of imidazole rings is 1. The third-order valence-corrected chi connectivity index (χ3v) is 5.85. The first-order valence-electron chi connectivity index (χ1n) is 10.3. The molecule has 0 radical (unpaired) electrons. The molecule has 5 aromatic rings. The van der Waals surface area contributed by atoms with Gasteiger partial charge in [-0.05, 0) is 43.2 Å². The number of hydrogen-bond acceptors (Lipinski definition) is 6. The number of benzene rings is 1. The minimum Gasteiger partial charge on any atom is -0.436 e. The van der Waals surface area contributed by atoms with E-state index in [1.165, 1.54) is 18.5 Å². The Kier molecular flexibility index (Phi) is 4.19. The lowest BCUT2D eigenvalue weighted by Crippen LogP contribution is -2.31. The fourth-order valence-electron chi connectivity index (χ4n) is 4.08. The molecular weight excluding hydrogens is 411 g/mol. The number of aliphatic hydroxyl groups is 1. The topological polar surface area (TPSA) is 94.8 Å². The minimum atomic E-state index is -0.309. The number of fused-ring (bicyclic) bond motifs is 1. The van der Waals surface area contributed by atoms with E-state index in [1.807, 2.05) is 34.8 Å². The van der Waals surface area contributed by atoms with Crippen LogP contribution in [0.1, 0.15) is 18.9 Å². The van der Waals surface area contributed by atoms with Crippen molar-refractivity contribution in [3.05, 3.63) is 61.2 Å². The van der Waals surface area contributed by atoms with Gasteiger partial charge in [0.05, 0.1) is 29.6 Å². The molecule has 0 unspecified atom stereocenters. The first kappa shape index (κ1) is 18.9. The molecule has 6 rings (SSSR count). The van der Waals surface area contributed by atoms with Gasteiger partial charge in [0.1, 0.15) is 23.5 Å². The molecule has 0 atom stereocenters. The van der Waals surface area contributed by atoms with Crippen LogP contribution < -0.4 is 0 Å². The molecule has 1 aliphatic rings. The van der Waals surface area contributed by atoms with Gasteiger partial charge in [-0.25, -0.2) is 19.3 Å². The summed E-state index contributed by atoms with van der Waals surface area (Å²) in [6, 6.07) is 8.23. The van der Waals surface area contributed by atoms with E-state index in [0.717, 1.165) is 16.5 Å². The molecule has 9 heteroatoms. The van der Waals surface area contributed by atoms with Crippen LogP contribution in [0.15, 0.2) is 59.8 Å². The second-order valence-corrected chi connectivity index (χ2v) is 8.13. The number of aromatic nitrogens is 6. The van der Waals surface area contributed by atoms with Crippen molar-refractivity contribution in [3.63, 3.8) is 0 Å². The van der Waals surface area contributed by atoms with Crippen molar-refractivity contribution in [1.29, 1.82) is 0 Å². The summed E-state index contributed by atoms with van der Waals surface area (Å²) in [6.45, 7) is 0. The first-order chi connectivity index (χ1) is 15.5. The van der Waals surface area contributed by atoms with Crippen molar-refractivity contribution in [2.45, 2.75) is 25.0 Å². The number of nitrogens with zero attached hydrogens (tertiary/aromatic N) is 6. The monoisotopic (exact) mass is 430 g/mol. The zero-order chi connectivity index (χ0) is 21.8. The lowest BCUT2D eigenvalue weighted by molar-refractivity contribution is 0.0435. The summed E-state index contributed by atoms with van der Waals surface area (Å²) in [5, 5.41) is 15.3. The van der Waals surface area contributed by atoms with Crippen molar-refractivity contribution in [1.82, 2.24) is 29.3 Å². The largest absolute Gasteiger partial charge is 0.436 e.